The van der Waals surface area contributed by atoms with Crippen LogP contribution in [-0.4, -0.2) is 20.9 Å². The normalized spacial score (nSPS) is 11.3. The van der Waals surface area contributed by atoms with Crippen molar-refractivity contribution in [3.8, 4) is 0 Å². The number of unbranched alkanes of at least 4 members (excludes halogenated alkanes) is 3. The molecule has 0 saturated carbocycles. The minimum absolute atomic E-state index is 0.0103. The van der Waals surface area contributed by atoms with Crippen molar-refractivity contribution in [1.29, 1.82) is 0 Å². The van der Waals surface area contributed by atoms with E-state index in [0.717, 1.165) is 25.7 Å². The van der Waals surface area contributed by atoms with Crippen molar-refractivity contribution in [3.05, 3.63) is 29.3 Å². The van der Waals surface area contributed by atoms with Gasteiger partial charge in [0, 0.05) is 22.8 Å². The van der Waals surface area contributed by atoms with Crippen LogP contribution in [0.4, 0.5) is 0 Å². The van der Waals surface area contributed by atoms with E-state index in [2.05, 4.69) is 12.2 Å². The molecule has 0 aliphatic rings. The fraction of sp³-hybridized carbons (Fsp3) is 0.500. The molecule has 0 aliphatic carbocycles. The Labute approximate surface area is 124 Å². The molecule has 1 aromatic rings. The van der Waals surface area contributed by atoms with Gasteiger partial charge in [-0.25, -0.2) is 8.42 Å². The van der Waals surface area contributed by atoms with E-state index >= 15 is 0 Å². The number of nitrogens with one attached hydrogen (secondary N) is 1. The molecule has 0 spiro atoms. The molecule has 0 bridgehead atoms. The van der Waals surface area contributed by atoms with Crippen LogP contribution >= 0.6 is 10.7 Å². The van der Waals surface area contributed by atoms with E-state index in [4.69, 9.17) is 10.7 Å². The largest absolute Gasteiger partial charge is 0.352 e. The maximum absolute atomic E-state index is 12.0. The van der Waals surface area contributed by atoms with E-state index in [-0.39, 0.29) is 10.8 Å². The van der Waals surface area contributed by atoms with E-state index in [1.807, 2.05) is 0 Å². The highest BCUT2D eigenvalue weighted by atomic mass is 35.7. The van der Waals surface area contributed by atoms with Gasteiger partial charge in [0.05, 0.1) is 4.90 Å². The van der Waals surface area contributed by atoms with Gasteiger partial charge in [0.25, 0.3) is 15.0 Å². The zero-order chi connectivity index (χ0) is 15.2. The molecule has 0 fully saturated rings. The summed E-state index contributed by atoms with van der Waals surface area (Å²) in [5.41, 5.74) is 1.07. The molecule has 1 N–H and O–H groups in total. The van der Waals surface area contributed by atoms with Gasteiger partial charge < -0.3 is 5.32 Å². The predicted octanol–water partition coefficient (Wildman–Crippen LogP) is 3.23. The quantitative estimate of drug-likeness (QED) is 0.620. The number of amides is 1. The average Bonchev–Trinajstić information content (AvgIpc) is 2.37. The van der Waals surface area contributed by atoms with Gasteiger partial charge in [-0.05, 0) is 37.1 Å². The molecule has 1 aromatic carbocycles. The van der Waals surface area contributed by atoms with Crippen molar-refractivity contribution in [1.82, 2.24) is 5.32 Å². The zero-order valence-electron chi connectivity index (χ0n) is 11.8. The monoisotopic (exact) mass is 317 g/mol. The molecular formula is C14H20ClNO3S. The number of rotatable bonds is 7. The molecule has 0 heterocycles. The summed E-state index contributed by atoms with van der Waals surface area (Å²) < 4.78 is 22.4. The van der Waals surface area contributed by atoms with E-state index in [0.29, 0.717) is 17.7 Å². The highest BCUT2D eigenvalue weighted by Crippen LogP contribution is 2.18. The van der Waals surface area contributed by atoms with Gasteiger partial charge in [0.1, 0.15) is 0 Å². The highest BCUT2D eigenvalue weighted by Gasteiger charge is 2.14. The first-order valence-electron chi connectivity index (χ1n) is 6.69. The highest BCUT2D eigenvalue weighted by molar-refractivity contribution is 8.13. The zero-order valence-corrected chi connectivity index (χ0v) is 13.4. The van der Waals surface area contributed by atoms with Crippen molar-refractivity contribution in [3.63, 3.8) is 0 Å². The Morgan fingerprint density at radius 3 is 2.50 bits per heavy atom. The molecule has 6 heteroatoms. The summed E-state index contributed by atoms with van der Waals surface area (Å²) in [5.74, 6) is -0.183. The number of carbonyl (C=O) groups excluding carboxylic acids is 1. The number of aryl methyl sites for hydroxylation is 1. The van der Waals surface area contributed by atoms with Crippen LogP contribution in [0.2, 0.25) is 0 Å². The van der Waals surface area contributed by atoms with Gasteiger partial charge in [-0.3, -0.25) is 4.79 Å². The summed E-state index contributed by atoms with van der Waals surface area (Å²) in [7, 11) is 1.51. The van der Waals surface area contributed by atoms with E-state index < -0.39 is 9.05 Å². The summed E-state index contributed by atoms with van der Waals surface area (Å²) in [6, 6.07) is 4.25. The van der Waals surface area contributed by atoms with Gasteiger partial charge in [-0.2, -0.15) is 0 Å². The maximum atomic E-state index is 12.0. The molecule has 112 valence electrons. The molecule has 1 rings (SSSR count). The third-order valence-corrected chi connectivity index (χ3v) is 4.39. The molecule has 0 aliphatic heterocycles. The van der Waals surface area contributed by atoms with Crippen LogP contribution < -0.4 is 5.32 Å². The molecule has 0 atom stereocenters. The van der Waals surface area contributed by atoms with Crippen LogP contribution in [0.3, 0.4) is 0 Å². The minimum atomic E-state index is -3.75. The first kappa shape index (κ1) is 17.0. The standard InChI is InChI=1S/C14H20ClNO3S/c1-3-4-5-6-9-16-14(17)13-8-7-12(10-11(13)2)20(15,18)19/h7-8,10H,3-6,9H2,1-2H3,(H,16,17). The summed E-state index contributed by atoms with van der Waals surface area (Å²) >= 11 is 0. The number of halogens is 1. The number of benzene rings is 1. The summed E-state index contributed by atoms with van der Waals surface area (Å²) in [6.07, 6.45) is 4.37. The predicted molar refractivity (Wildman–Crippen MR) is 80.7 cm³/mol. The average molecular weight is 318 g/mol. The first-order valence-corrected chi connectivity index (χ1v) is 9.00. The fourth-order valence-electron chi connectivity index (χ4n) is 1.89. The third-order valence-electron chi connectivity index (χ3n) is 3.04. The molecular weight excluding hydrogens is 298 g/mol. The first-order chi connectivity index (χ1) is 9.36. The SMILES string of the molecule is CCCCCCNC(=O)c1ccc(S(=O)(=O)Cl)cc1C. The Morgan fingerprint density at radius 2 is 1.95 bits per heavy atom. The number of hydrogen-bond acceptors (Lipinski definition) is 3. The molecule has 0 radical (unpaired) electrons. The second-order valence-electron chi connectivity index (χ2n) is 4.73. The second-order valence-corrected chi connectivity index (χ2v) is 7.30. The molecule has 0 unspecified atom stereocenters. The molecule has 0 saturated heterocycles. The van der Waals surface area contributed by atoms with Crippen LogP contribution in [-0.2, 0) is 9.05 Å². The Hall–Kier alpha value is -1.07. The topological polar surface area (TPSA) is 63.2 Å². The fourth-order valence-corrected chi connectivity index (χ4v) is 2.73. The Bertz CT molecular complexity index is 570. The molecule has 4 nitrogen and oxygen atoms in total. The minimum Gasteiger partial charge on any atom is -0.352 e. The van der Waals surface area contributed by atoms with Crippen LogP contribution in [0.25, 0.3) is 0 Å². The van der Waals surface area contributed by atoms with Crippen molar-refractivity contribution >= 4 is 25.6 Å². The Kier molecular flexibility index (Phi) is 6.49. The van der Waals surface area contributed by atoms with Gasteiger partial charge in [0.15, 0.2) is 0 Å². The summed E-state index contributed by atoms with van der Waals surface area (Å²) in [6.45, 7) is 4.46. The lowest BCUT2D eigenvalue weighted by atomic mass is 10.1. The van der Waals surface area contributed by atoms with Crippen LogP contribution in [0.5, 0.6) is 0 Å². The molecule has 1 amide bonds. The lowest BCUT2D eigenvalue weighted by Gasteiger charge is -2.08. The lowest BCUT2D eigenvalue weighted by molar-refractivity contribution is 0.0952. The van der Waals surface area contributed by atoms with Crippen molar-refractivity contribution < 1.29 is 13.2 Å². The Balaban J connectivity index is 2.65. The third kappa shape index (κ3) is 5.13. The van der Waals surface area contributed by atoms with Gasteiger partial charge in [-0.1, -0.05) is 26.2 Å². The maximum Gasteiger partial charge on any atom is 0.261 e. The van der Waals surface area contributed by atoms with E-state index in [1.54, 1.807) is 6.92 Å². The molecule has 0 aromatic heterocycles. The van der Waals surface area contributed by atoms with Crippen molar-refractivity contribution in [2.24, 2.45) is 0 Å². The van der Waals surface area contributed by atoms with Gasteiger partial charge in [-0.15, -0.1) is 0 Å². The molecule has 20 heavy (non-hydrogen) atoms. The van der Waals surface area contributed by atoms with Gasteiger partial charge >= 0.3 is 0 Å². The summed E-state index contributed by atoms with van der Waals surface area (Å²) in [4.78, 5) is 12.0. The van der Waals surface area contributed by atoms with Crippen molar-refractivity contribution in [2.75, 3.05) is 6.54 Å². The van der Waals surface area contributed by atoms with Crippen LogP contribution in [0, 0.1) is 6.92 Å². The smallest absolute Gasteiger partial charge is 0.261 e. The number of carbonyl (C=O) groups is 1. The van der Waals surface area contributed by atoms with E-state index in [1.165, 1.54) is 18.2 Å². The Morgan fingerprint density at radius 1 is 1.25 bits per heavy atom. The summed E-state index contributed by atoms with van der Waals surface area (Å²) in [5, 5.41) is 2.84. The lowest BCUT2D eigenvalue weighted by Crippen LogP contribution is -2.25. The number of hydrogen-bond donors (Lipinski definition) is 1. The van der Waals surface area contributed by atoms with Gasteiger partial charge in [0.2, 0.25) is 0 Å². The van der Waals surface area contributed by atoms with Crippen LogP contribution in [0.15, 0.2) is 23.1 Å². The second kappa shape index (κ2) is 7.64. The van der Waals surface area contributed by atoms with Crippen LogP contribution in [0.1, 0.15) is 48.5 Å². The van der Waals surface area contributed by atoms with Crippen molar-refractivity contribution in [2.45, 2.75) is 44.4 Å². The van der Waals surface area contributed by atoms with E-state index in [9.17, 15) is 13.2 Å².